The van der Waals surface area contributed by atoms with Crippen LogP contribution in [0.1, 0.15) is 5.56 Å². The summed E-state index contributed by atoms with van der Waals surface area (Å²) in [7, 11) is -4.58. The molecule has 0 saturated heterocycles. The number of carbonyl (C=O) groups excluding carboxylic acids is 1. The van der Waals surface area contributed by atoms with Gasteiger partial charge in [-0.25, -0.2) is 4.79 Å². The van der Waals surface area contributed by atoms with Gasteiger partial charge >= 0.3 is 16.1 Å². The molecule has 0 radical (unpaired) electrons. The van der Waals surface area contributed by atoms with Crippen molar-refractivity contribution in [1.82, 2.24) is 5.32 Å². The van der Waals surface area contributed by atoms with Crippen molar-refractivity contribution in [3.63, 3.8) is 0 Å². The highest BCUT2D eigenvalue weighted by Crippen LogP contribution is 2.21. The minimum absolute atomic E-state index is 0.458. The number of urea groups is 1. The Morgan fingerprint density at radius 3 is 2.26 bits per heavy atom. The maximum atomic E-state index is 12.0. The summed E-state index contributed by atoms with van der Waals surface area (Å²) >= 11 is 3.26. The normalized spacial score (nSPS) is 11.8. The van der Waals surface area contributed by atoms with Crippen LogP contribution >= 0.6 is 15.9 Å². The Balaban J connectivity index is 2.21. The molecule has 0 fully saturated rings. The summed E-state index contributed by atoms with van der Waals surface area (Å²) in [6, 6.07) is 14.5. The predicted octanol–water partition coefficient (Wildman–Crippen LogP) is 3.46. The molecule has 2 amide bonds. The molecule has 0 atom stereocenters. The first-order valence-corrected chi connectivity index (χ1v) is 8.66. The van der Waals surface area contributed by atoms with Gasteiger partial charge in [0.2, 0.25) is 0 Å². The van der Waals surface area contributed by atoms with Crippen molar-refractivity contribution in [1.29, 1.82) is 0 Å². The van der Waals surface area contributed by atoms with Gasteiger partial charge in [-0.1, -0.05) is 42.5 Å². The molecule has 0 saturated carbocycles. The third kappa shape index (κ3) is 5.20. The number of carbonyl (C=O) groups is 1. The maximum Gasteiger partial charge on any atom is 0.324 e. The quantitative estimate of drug-likeness (QED) is 0.689. The Bertz CT molecular complexity index is 836. The molecule has 0 unspecified atom stereocenters. The highest BCUT2D eigenvalue weighted by Gasteiger charge is 2.17. The molecule has 0 aliphatic heterocycles. The number of benzene rings is 2. The molecule has 2 aromatic rings. The zero-order chi connectivity index (χ0) is 16.9. The number of halogens is 1. The van der Waals surface area contributed by atoms with E-state index in [0.717, 1.165) is 6.08 Å². The minimum Gasteiger partial charge on any atom is -0.307 e. The van der Waals surface area contributed by atoms with E-state index >= 15 is 0 Å². The van der Waals surface area contributed by atoms with Gasteiger partial charge in [0, 0.05) is 4.47 Å². The molecule has 23 heavy (non-hydrogen) atoms. The lowest BCUT2D eigenvalue weighted by atomic mass is 10.2. The second-order valence-corrected chi connectivity index (χ2v) is 6.70. The molecule has 6 nitrogen and oxygen atoms in total. The van der Waals surface area contributed by atoms with Gasteiger partial charge in [-0.15, -0.1) is 0 Å². The van der Waals surface area contributed by atoms with Crippen LogP contribution in [0.25, 0.3) is 6.08 Å². The van der Waals surface area contributed by atoms with Crippen molar-refractivity contribution < 1.29 is 17.8 Å². The lowest BCUT2D eigenvalue weighted by Crippen LogP contribution is -2.31. The largest absolute Gasteiger partial charge is 0.324 e. The van der Waals surface area contributed by atoms with Crippen molar-refractivity contribution in [2.24, 2.45) is 0 Å². The highest BCUT2D eigenvalue weighted by atomic mass is 79.9. The number of hydrogen-bond donors (Lipinski definition) is 3. The molecule has 0 aliphatic carbocycles. The van der Waals surface area contributed by atoms with Crippen LogP contribution in [0.5, 0.6) is 0 Å². The molecular formula is C15H13BrN2O4S. The van der Waals surface area contributed by atoms with Gasteiger partial charge in [0.1, 0.15) is 0 Å². The fourth-order valence-corrected chi connectivity index (χ4v) is 2.59. The van der Waals surface area contributed by atoms with Crippen molar-refractivity contribution in [2.45, 2.75) is 0 Å². The number of para-hydroxylation sites is 1. The predicted molar refractivity (Wildman–Crippen MR) is 92.3 cm³/mol. The molecule has 8 heteroatoms. The van der Waals surface area contributed by atoms with Crippen molar-refractivity contribution in [2.75, 3.05) is 5.32 Å². The molecule has 2 rings (SSSR count). The Labute approximate surface area is 142 Å². The molecule has 120 valence electrons. The number of rotatable bonds is 4. The lowest BCUT2D eigenvalue weighted by Gasteiger charge is -2.10. The Morgan fingerprint density at radius 1 is 1.04 bits per heavy atom. The third-order valence-electron chi connectivity index (χ3n) is 2.73. The van der Waals surface area contributed by atoms with E-state index in [-0.39, 0.29) is 0 Å². The van der Waals surface area contributed by atoms with Crippen LogP contribution in [-0.4, -0.2) is 19.0 Å². The van der Waals surface area contributed by atoms with Gasteiger partial charge in [-0.2, -0.15) is 8.42 Å². The molecule has 2 aromatic carbocycles. The summed E-state index contributed by atoms with van der Waals surface area (Å²) in [4.78, 5) is 12.0. The number of amides is 2. The fraction of sp³-hybridized carbons (Fsp3) is 0. The summed E-state index contributed by atoms with van der Waals surface area (Å²) in [6.45, 7) is 0. The first-order valence-electron chi connectivity index (χ1n) is 6.43. The van der Waals surface area contributed by atoms with Gasteiger partial charge < -0.3 is 5.32 Å². The topological polar surface area (TPSA) is 95.5 Å². The van der Waals surface area contributed by atoms with E-state index in [2.05, 4.69) is 26.6 Å². The van der Waals surface area contributed by atoms with E-state index in [4.69, 9.17) is 0 Å². The van der Waals surface area contributed by atoms with Crippen molar-refractivity contribution in [3.05, 3.63) is 69.7 Å². The standard InChI is InChI=1S/C15H13BrN2O4S/c16-12-8-4-5-9-13(12)17-15(19)18-14(23(20,21)22)10-11-6-2-1-3-7-11/h1-10H,(H2,17,18,19)(H,20,21,22). The molecule has 0 bridgehead atoms. The molecule has 0 aliphatic rings. The second kappa shape index (κ2) is 7.40. The van der Waals surface area contributed by atoms with Crippen LogP contribution in [0.15, 0.2) is 64.1 Å². The Kier molecular flexibility index (Phi) is 5.54. The van der Waals surface area contributed by atoms with E-state index in [0.29, 0.717) is 15.7 Å². The lowest BCUT2D eigenvalue weighted by molar-refractivity contribution is 0.254. The average molecular weight is 397 g/mol. The number of nitrogens with one attached hydrogen (secondary N) is 2. The zero-order valence-electron chi connectivity index (χ0n) is 11.7. The van der Waals surface area contributed by atoms with Crippen LogP contribution in [0, 0.1) is 0 Å². The molecule has 0 aromatic heterocycles. The van der Waals surface area contributed by atoms with E-state index in [9.17, 15) is 17.8 Å². The van der Waals surface area contributed by atoms with Gasteiger partial charge in [-0.05, 0) is 39.7 Å². The Morgan fingerprint density at radius 2 is 1.65 bits per heavy atom. The molecule has 0 heterocycles. The first-order chi connectivity index (χ1) is 10.9. The number of anilines is 1. The van der Waals surface area contributed by atoms with Gasteiger partial charge in [0.25, 0.3) is 0 Å². The molecule has 0 spiro atoms. The summed E-state index contributed by atoms with van der Waals surface area (Å²) in [5.41, 5.74) is 0.973. The zero-order valence-corrected chi connectivity index (χ0v) is 14.1. The Hall–Kier alpha value is -2.16. The van der Waals surface area contributed by atoms with Crippen LogP contribution in [0.3, 0.4) is 0 Å². The van der Waals surface area contributed by atoms with Gasteiger partial charge in [0.15, 0.2) is 5.03 Å². The molecular weight excluding hydrogens is 384 g/mol. The summed E-state index contributed by atoms with van der Waals surface area (Å²) in [6.07, 6.45) is 1.16. The van der Waals surface area contributed by atoms with Crippen molar-refractivity contribution in [3.8, 4) is 0 Å². The minimum atomic E-state index is -4.58. The van der Waals surface area contributed by atoms with Gasteiger partial charge in [-0.3, -0.25) is 9.87 Å². The average Bonchev–Trinajstić information content (AvgIpc) is 2.49. The van der Waals surface area contributed by atoms with Crippen molar-refractivity contribution >= 4 is 43.8 Å². The van der Waals surface area contributed by atoms with E-state index in [1.807, 2.05) is 0 Å². The van der Waals surface area contributed by atoms with Crippen LogP contribution < -0.4 is 10.6 Å². The van der Waals surface area contributed by atoms with Crippen LogP contribution in [0.2, 0.25) is 0 Å². The SMILES string of the molecule is O=C(NC(=Cc1ccccc1)S(=O)(=O)O)Nc1ccccc1Br. The monoisotopic (exact) mass is 396 g/mol. The van der Waals surface area contributed by atoms with E-state index in [1.165, 1.54) is 0 Å². The van der Waals surface area contributed by atoms with Crippen LogP contribution in [-0.2, 0) is 10.1 Å². The van der Waals surface area contributed by atoms with Gasteiger partial charge in [0.05, 0.1) is 5.69 Å². The summed E-state index contributed by atoms with van der Waals surface area (Å²) in [5, 5.41) is 4.00. The fourth-order valence-electron chi connectivity index (χ4n) is 1.70. The highest BCUT2D eigenvalue weighted by molar-refractivity contribution is 9.10. The third-order valence-corrected chi connectivity index (χ3v) is 4.20. The first kappa shape index (κ1) is 17.2. The summed E-state index contributed by atoms with van der Waals surface area (Å²) < 4.78 is 32.7. The maximum absolute atomic E-state index is 12.0. The smallest absolute Gasteiger partial charge is 0.307 e. The summed E-state index contributed by atoms with van der Waals surface area (Å²) in [5.74, 6) is 0. The van der Waals surface area contributed by atoms with Crippen LogP contribution in [0.4, 0.5) is 10.5 Å². The van der Waals surface area contributed by atoms with E-state index < -0.39 is 21.2 Å². The molecule has 3 N–H and O–H groups in total. The number of hydrogen-bond acceptors (Lipinski definition) is 3. The van der Waals surface area contributed by atoms with E-state index in [1.54, 1.807) is 54.6 Å². The second-order valence-electron chi connectivity index (χ2n) is 4.45.